The number of rotatable bonds is 3. The third-order valence-corrected chi connectivity index (χ3v) is 8.11. The fourth-order valence-corrected chi connectivity index (χ4v) is 6.35. The fraction of sp³-hybridized carbons (Fsp3) is 0.619. The van der Waals surface area contributed by atoms with Crippen molar-refractivity contribution < 1.29 is 14.1 Å². The molecule has 2 saturated heterocycles. The van der Waals surface area contributed by atoms with Crippen LogP contribution in [-0.2, 0) is 4.79 Å². The number of piperidine rings is 1. The van der Waals surface area contributed by atoms with Gasteiger partial charge >= 0.3 is 5.91 Å². The Hall–Kier alpha value is -0.300. The molecule has 0 bridgehead atoms. The number of likely N-dealkylation sites (tertiary alicyclic amines) is 1. The zero-order chi connectivity index (χ0) is 19.7. The highest BCUT2D eigenvalue weighted by molar-refractivity contribution is 7.99. The SMILES string of the molecule is Cl.O=C1CCC(C(=O)[N+]2(CN3CCCCC3)CCSCC2)c2cc(Cl)c(Cl)cc21. The molecule has 0 radical (unpaired) electrons. The van der Waals surface area contributed by atoms with E-state index < -0.39 is 0 Å². The predicted octanol–water partition coefficient (Wildman–Crippen LogP) is 5.01. The number of thioether (sulfide) groups is 1. The van der Waals surface area contributed by atoms with Crippen molar-refractivity contribution in [1.29, 1.82) is 0 Å². The Morgan fingerprint density at radius 3 is 2.45 bits per heavy atom. The first-order valence-corrected chi connectivity index (χ1v) is 12.1. The first-order valence-electron chi connectivity index (χ1n) is 10.2. The summed E-state index contributed by atoms with van der Waals surface area (Å²) < 4.78 is 0.519. The minimum absolute atomic E-state index is 0. The zero-order valence-electron chi connectivity index (χ0n) is 16.5. The number of carbonyl (C=O) groups excluding carboxylic acids is 2. The Balaban J connectivity index is 0.00000240. The van der Waals surface area contributed by atoms with E-state index in [2.05, 4.69) is 4.90 Å². The van der Waals surface area contributed by atoms with Crippen LogP contribution in [0.15, 0.2) is 12.1 Å². The van der Waals surface area contributed by atoms with Gasteiger partial charge in [-0.15, -0.1) is 12.4 Å². The first-order chi connectivity index (χ1) is 13.5. The summed E-state index contributed by atoms with van der Waals surface area (Å²) in [5, 5.41) is 0.804. The standard InChI is InChI=1S/C21H27Cl2N2O2S.ClH/c22-18-12-16-15(4-5-20(26)17(16)13-19(18)23)21(27)25(8-10-28-11-9-25)14-24-6-2-1-3-7-24;/h12-13,15H,1-11,14H2;1H/q+1;. The predicted molar refractivity (Wildman–Crippen MR) is 123 cm³/mol. The van der Waals surface area contributed by atoms with Gasteiger partial charge in [0, 0.05) is 36.6 Å². The van der Waals surface area contributed by atoms with Crippen LogP contribution in [0.2, 0.25) is 10.0 Å². The molecule has 8 heteroatoms. The van der Waals surface area contributed by atoms with Gasteiger partial charge in [0.2, 0.25) is 0 Å². The van der Waals surface area contributed by atoms with Gasteiger partial charge in [0.15, 0.2) is 5.78 Å². The average molecular weight is 479 g/mol. The molecule has 29 heavy (non-hydrogen) atoms. The molecular weight excluding hydrogens is 451 g/mol. The number of ketones is 1. The number of hydrogen-bond acceptors (Lipinski definition) is 4. The molecule has 4 rings (SSSR count). The van der Waals surface area contributed by atoms with E-state index in [0.717, 1.165) is 49.9 Å². The molecule has 0 spiro atoms. The normalized spacial score (nSPS) is 24.5. The second kappa shape index (κ2) is 9.88. The van der Waals surface area contributed by atoms with Crippen molar-refractivity contribution in [1.82, 2.24) is 4.90 Å². The van der Waals surface area contributed by atoms with Gasteiger partial charge in [-0.1, -0.05) is 29.6 Å². The lowest BCUT2D eigenvalue weighted by Crippen LogP contribution is -2.63. The first kappa shape index (κ1) is 23.4. The fourth-order valence-electron chi connectivity index (χ4n) is 4.85. The van der Waals surface area contributed by atoms with E-state index in [0.29, 0.717) is 32.9 Å². The summed E-state index contributed by atoms with van der Waals surface area (Å²) in [4.78, 5) is 28.9. The van der Waals surface area contributed by atoms with Gasteiger partial charge < -0.3 is 0 Å². The lowest BCUT2D eigenvalue weighted by atomic mass is 9.80. The van der Waals surface area contributed by atoms with E-state index in [1.807, 2.05) is 11.8 Å². The Bertz CT molecular complexity index is 777. The third-order valence-electron chi connectivity index (χ3n) is 6.44. The topological polar surface area (TPSA) is 37.4 Å². The quantitative estimate of drug-likeness (QED) is 0.572. The lowest BCUT2D eigenvalue weighted by Gasteiger charge is -2.44. The maximum Gasteiger partial charge on any atom is 0.322 e. The van der Waals surface area contributed by atoms with Crippen molar-refractivity contribution in [2.45, 2.75) is 38.0 Å². The zero-order valence-corrected chi connectivity index (χ0v) is 19.6. The van der Waals surface area contributed by atoms with Crippen molar-refractivity contribution >= 4 is 59.1 Å². The molecule has 0 saturated carbocycles. The summed E-state index contributed by atoms with van der Waals surface area (Å²) >= 11 is 14.4. The van der Waals surface area contributed by atoms with E-state index in [1.165, 1.54) is 19.3 Å². The lowest BCUT2D eigenvalue weighted by molar-refractivity contribution is -0.862. The van der Waals surface area contributed by atoms with Crippen LogP contribution in [0, 0.1) is 0 Å². The van der Waals surface area contributed by atoms with E-state index in [9.17, 15) is 9.59 Å². The highest BCUT2D eigenvalue weighted by Gasteiger charge is 2.46. The number of fused-ring (bicyclic) bond motifs is 1. The van der Waals surface area contributed by atoms with Crippen LogP contribution in [0.3, 0.4) is 0 Å². The smallest absolute Gasteiger partial charge is 0.294 e. The van der Waals surface area contributed by atoms with Crippen LogP contribution in [-0.4, -0.2) is 65.4 Å². The molecule has 1 aromatic rings. The van der Waals surface area contributed by atoms with Crippen LogP contribution < -0.4 is 0 Å². The Labute approximate surface area is 193 Å². The van der Waals surface area contributed by atoms with Gasteiger partial charge in [-0.2, -0.15) is 11.8 Å². The largest absolute Gasteiger partial charge is 0.322 e. The number of amides is 1. The third kappa shape index (κ3) is 4.81. The molecule has 4 nitrogen and oxygen atoms in total. The summed E-state index contributed by atoms with van der Waals surface area (Å²) in [5.41, 5.74) is 1.37. The van der Waals surface area contributed by atoms with Crippen molar-refractivity contribution in [2.75, 3.05) is 44.4 Å². The number of quaternary nitrogens is 1. The molecule has 1 unspecified atom stereocenters. The molecule has 2 heterocycles. The Morgan fingerprint density at radius 2 is 1.76 bits per heavy atom. The Morgan fingerprint density at radius 1 is 1.10 bits per heavy atom. The van der Waals surface area contributed by atoms with Crippen LogP contribution in [0.1, 0.15) is 53.9 Å². The summed E-state index contributed by atoms with van der Waals surface area (Å²) in [6.45, 7) is 4.73. The van der Waals surface area contributed by atoms with Crippen molar-refractivity contribution in [2.24, 2.45) is 0 Å². The highest BCUT2D eigenvalue weighted by atomic mass is 35.5. The number of benzene rings is 1. The number of Topliss-reactive ketones (excluding diaryl/α,β-unsaturated/α-hetero) is 1. The molecule has 3 aliphatic rings. The molecule has 2 fully saturated rings. The summed E-state index contributed by atoms with van der Waals surface area (Å²) in [7, 11) is 0. The van der Waals surface area contributed by atoms with Crippen LogP contribution in [0.4, 0.5) is 0 Å². The highest BCUT2D eigenvalue weighted by Crippen LogP contribution is 2.39. The molecule has 1 aromatic carbocycles. The maximum absolute atomic E-state index is 14.0. The molecular formula is C21H28Cl3N2O2S+. The number of carbonyl (C=O) groups is 2. The van der Waals surface area contributed by atoms with Gasteiger partial charge in [-0.05, 0) is 37.0 Å². The summed E-state index contributed by atoms with van der Waals surface area (Å²) in [5.74, 6) is 2.08. The number of nitrogens with zero attached hydrogens (tertiary/aromatic N) is 2. The molecule has 1 atom stereocenters. The number of hydrogen-bond donors (Lipinski definition) is 0. The molecule has 0 N–H and O–H groups in total. The minimum Gasteiger partial charge on any atom is -0.294 e. The van der Waals surface area contributed by atoms with Crippen molar-refractivity contribution in [3.63, 3.8) is 0 Å². The van der Waals surface area contributed by atoms with Gasteiger partial charge in [-0.25, -0.2) is 9.28 Å². The van der Waals surface area contributed by atoms with Gasteiger partial charge in [-0.3, -0.25) is 9.69 Å². The van der Waals surface area contributed by atoms with Crippen molar-refractivity contribution in [3.8, 4) is 0 Å². The minimum atomic E-state index is -0.268. The van der Waals surface area contributed by atoms with Gasteiger partial charge in [0.25, 0.3) is 0 Å². The average Bonchev–Trinajstić information content (AvgIpc) is 2.71. The van der Waals surface area contributed by atoms with E-state index in [-0.39, 0.29) is 30.0 Å². The van der Waals surface area contributed by atoms with E-state index >= 15 is 0 Å². The molecule has 160 valence electrons. The van der Waals surface area contributed by atoms with Crippen LogP contribution >= 0.6 is 47.4 Å². The molecule has 1 aliphatic carbocycles. The molecule has 0 aromatic heterocycles. The molecule has 1 amide bonds. The Kier molecular flexibility index (Phi) is 7.96. The molecule has 2 aliphatic heterocycles. The van der Waals surface area contributed by atoms with Gasteiger partial charge in [0.1, 0.15) is 12.6 Å². The van der Waals surface area contributed by atoms with E-state index in [1.54, 1.807) is 12.1 Å². The van der Waals surface area contributed by atoms with Crippen LogP contribution in [0.5, 0.6) is 0 Å². The maximum atomic E-state index is 14.0. The number of halogens is 3. The second-order valence-electron chi connectivity index (χ2n) is 8.23. The summed E-state index contributed by atoms with van der Waals surface area (Å²) in [6, 6.07) is 3.41. The van der Waals surface area contributed by atoms with E-state index in [4.69, 9.17) is 23.2 Å². The van der Waals surface area contributed by atoms with Crippen LogP contribution in [0.25, 0.3) is 0 Å². The monoisotopic (exact) mass is 477 g/mol. The summed E-state index contributed by atoms with van der Waals surface area (Å²) in [6.07, 6.45) is 4.71. The van der Waals surface area contributed by atoms with Crippen molar-refractivity contribution in [3.05, 3.63) is 33.3 Å². The second-order valence-corrected chi connectivity index (χ2v) is 10.3. The van der Waals surface area contributed by atoms with Gasteiger partial charge in [0.05, 0.1) is 23.1 Å².